The maximum atomic E-state index is 13.0. The van der Waals surface area contributed by atoms with Gasteiger partial charge in [-0.2, -0.15) is 0 Å². The van der Waals surface area contributed by atoms with Crippen molar-refractivity contribution in [2.45, 2.75) is 13.1 Å². The Balaban J connectivity index is 1.16. The van der Waals surface area contributed by atoms with Crippen molar-refractivity contribution in [2.24, 2.45) is 0 Å². The maximum Gasteiger partial charge on any atom is 0.255 e. The smallest absolute Gasteiger partial charge is 0.255 e. The number of hydrogen-bond acceptors (Lipinski definition) is 4. The first kappa shape index (κ1) is 26.7. The van der Waals surface area contributed by atoms with Crippen LogP contribution in [-0.2, 0) is 13.1 Å². The Kier molecular flexibility index (Phi) is 9.21. The standard InChI is InChI=1S/C35H32N2O3/c38-35(36-33-18-10-11-19-34(33)40-32-16-8-3-9-17-32)30-20-22-31(23-21-30)39-25-24-37(26-28-12-4-1-5-13-28)27-29-14-6-2-7-15-29/h1-23H,24-27H2,(H,36,38). The number of ether oxygens (including phenoxy) is 2. The average Bonchev–Trinajstić information content (AvgIpc) is 3.00. The quantitative estimate of drug-likeness (QED) is 0.179. The van der Waals surface area contributed by atoms with Crippen LogP contribution >= 0.6 is 0 Å². The molecule has 0 bridgehead atoms. The topological polar surface area (TPSA) is 50.8 Å². The number of carbonyl (C=O) groups is 1. The van der Waals surface area contributed by atoms with Crippen LogP contribution in [0.2, 0.25) is 0 Å². The minimum atomic E-state index is -0.215. The predicted octanol–water partition coefficient (Wildman–Crippen LogP) is 7.81. The summed E-state index contributed by atoms with van der Waals surface area (Å²) in [6, 6.07) is 45.0. The molecule has 5 aromatic carbocycles. The first-order chi connectivity index (χ1) is 19.7. The molecule has 0 radical (unpaired) electrons. The van der Waals surface area contributed by atoms with Crippen molar-refractivity contribution in [1.29, 1.82) is 0 Å². The highest BCUT2D eigenvalue weighted by Gasteiger charge is 2.12. The number of benzene rings is 5. The van der Waals surface area contributed by atoms with E-state index in [1.807, 2.05) is 78.9 Å². The summed E-state index contributed by atoms with van der Waals surface area (Å²) in [6.45, 7) is 2.99. The van der Waals surface area contributed by atoms with Gasteiger partial charge in [-0.25, -0.2) is 0 Å². The zero-order valence-electron chi connectivity index (χ0n) is 22.3. The van der Waals surface area contributed by atoms with Crippen molar-refractivity contribution in [3.63, 3.8) is 0 Å². The van der Waals surface area contributed by atoms with E-state index in [0.717, 1.165) is 25.4 Å². The van der Waals surface area contributed by atoms with E-state index in [4.69, 9.17) is 9.47 Å². The van der Waals surface area contributed by atoms with Crippen molar-refractivity contribution in [1.82, 2.24) is 4.90 Å². The lowest BCUT2D eigenvalue weighted by atomic mass is 10.1. The summed E-state index contributed by atoms with van der Waals surface area (Å²) in [6.07, 6.45) is 0. The fourth-order valence-electron chi connectivity index (χ4n) is 4.36. The number of para-hydroxylation sites is 3. The van der Waals surface area contributed by atoms with Crippen LogP contribution in [-0.4, -0.2) is 24.0 Å². The lowest BCUT2D eigenvalue weighted by Gasteiger charge is -2.23. The highest BCUT2D eigenvalue weighted by molar-refractivity contribution is 6.05. The molecule has 0 saturated carbocycles. The van der Waals surface area contributed by atoms with Gasteiger partial charge in [-0.05, 0) is 59.7 Å². The minimum absolute atomic E-state index is 0.215. The summed E-state index contributed by atoms with van der Waals surface area (Å²) < 4.78 is 12.0. The van der Waals surface area contributed by atoms with Gasteiger partial charge in [0.2, 0.25) is 0 Å². The van der Waals surface area contributed by atoms with E-state index >= 15 is 0 Å². The highest BCUT2D eigenvalue weighted by Crippen LogP contribution is 2.29. The Morgan fingerprint density at radius 3 is 1.77 bits per heavy atom. The highest BCUT2D eigenvalue weighted by atomic mass is 16.5. The van der Waals surface area contributed by atoms with Gasteiger partial charge < -0.3 is 14.8 Å². The van der Waals surface area contributed by atoms with Crippen LogP contribution in [0.5, 0.6) is 17.2 Å². The molecule has 0 saturated heterocycles. The minimum Gasteiger partial charge on any atom is -0.492 e. The number of hydrogen-bond donors (Lipinski definition) is 1. The molecule has 0 spiro atoms. The summed E-state index contributed by atoms with van der Waals surface area (Å²) in [5.74, 6) is 1.80. The summed E-state index contributed by atoms with van der Waals surface area (Å²) in [5.41, 5.74) is 3.68. The van der Waals surface area contributed by atoms with E-state index in [2.05, 4.69) is 58.7 Å². The Bertz CT molecular complexity index is 1430. The number of nitrogens with one attached hydrogen (secondary N) is 1. The van der Waals surface area contributed by atoms with Gasteiger partial charge in [-0.1, -0.05) is 91.0 Å². The van der Waals surface area contributed by atoms with Gasteiger partial charge in [0.1, 0.15) is 18.1 Å². The number of amides is 1. The molecular weight excluding hydrogens is 496 g/mol. The second-order valence-electron chi connectivity index (χ2n) is 9.42. The fourth-order valence-corrected chi connectivity index (χ4v) is 4.36. The molecule has 0 aliphatic heterocycles. The molecule has 1 amide bonds. The van der Waals surface area contributed by atoms with Crippen molar-refractivity contribution in [3.8, 4) is 17.2 Å². The molecule has 5 rings (SSSR count). The average molecular weight is 529 g/mol. The molecule has 200 valence electrons. The molecule has 0 heterocycles. The van der Waals surface area contributed by atoms with E-state index in [-0.39, 0.29) is 5.91 Å². The molecule has 0 unspecified atom stereocenters. The molecule has 0 fully saturated rings. The van der Waals surface area contributed by atoms with Crippen LogP contribution in [0.25, 0.3) is 0 Å². The van der Waals surface area contributed by atoms with Crippen LogP contribution in [0.3, 0.4) is 0 Å². The molecule has 5 nitrogen and oxygen atoms in total. The lowest BCUT2D eigenvalue weighted by Crippen LogP contribution is -2.27. The van der Waals surface area contributed by atoms with Crippen molar-refractivity contribution < 1.29 is 14.3 Å². The summed E-state index contributed by atoms with van der Waals surface area (Å²) in [7, 11) is 0. The summed E-state index contributed by atoms with van der Waals surface area (Å²) in [5, 5.41) is 2.96. The van der Waals surface area contributed by atoms with E-state index < -0.39 is 0 Å². The number of nitrogens with zero attached hydrogens (tertiary/aromatic N) is 1. The molecule has 0 atom stereocenters. The van der Waals surface area contributed by atoms with Gasteiger partial charge >= 0.3 is 0 Å². The third-order valence-electron chi connectivity index (χ3n) is 6.40. The Labute approximate surface area is 235 Å². The van der Waals surface area contributed by atoms with Crippen LogP contribution in [0, 0.1) is 0 Å². The van der Waals surface area contributed by atoms with Crippen LogP contribution in [0.4, 0.5) is 5.69 Å². The van der Waals surface area contributed by atoms with Gasteiger partial charge in [-0.15, -0.1) is 0 Å². The second kappa shape index (κ2) is 13.8. The molecular formula is C35H32N2O3. The fraction of sp³-hybridized carbons (Fsp3) is 0.114. The van der Waals surface area contributed by atoms with E-state index in [9.17, 15) is 4.79 Å². The zero-order chi connectivity index (χ0) is 27.4. The Morgan fingerprint density at radius 2 is 1.15 bits per heavy atom. The van der Waals surface area contributed by atoms with Crippen molar-refractivity contribution >= 4 is 11.6 Å². The first-order valence-electron chi connectivity index (χ1n) is 13.4. The number of rotatable bonds is 12. The van der Waals surface area contributed by atoms with Crippen LogP contribution < -0.4 is 14.8 Å². The monoisotopic (exact) mass is 528 g/mol. The molecule has 5 heteroatoms. The molecule has 5 aromatic rings. The second-order valence-corrected chi connectivity index (χ2v) is 9.42. The first-order valence-corrected chi connectivity index (χ1v) is 13.4. The van der Waals surface area contributed by atoms with E-state index in [0.29, 0.717) is 29.4 Å². The van der Waals surface area contributed by atoms with Crippen molar-refractivity contribution in [3.05, 3.63) is 156 Å². The molecule has 40 heavy (non-hydrogen) atoms. The van der Waals surface area contributed by atoms with Crippen LogP contribution in [0.1, 0.15) is 21.5 Å². The third-order valence-corrected chi connectivity index (χ3v) is 6.40. The molecule has 0 aromatic heterocycles. The molecule has 0 aliphatic rings. The summed E-state index contributed by atoms with van der Waals surface area (Å²) in [4.78, 5) is 15.3. The normalized spacial score (nSPS) is 10.7. The number of carbonyl (C=O) groups excluding carboxylic acids is 1. The zero-order valence-corrected chi connectivity index (χ0v) is 22.3. The Hall–Kier alpha value is -4.87. The van der Waals surface area contributed by atoms with Gasteiger partial charge in [0.05, 0.1) is 5.69 Å². The summed E-state index contributed by atoms with van der Waals surface area (Å²) >= 11 is 0. The lowest BCUT2D eigenvalue weighted by molar-refractivity contribution is 0.102. The van der Waals surface area contributed by atoms with Gasteiger partial charge in [0.25, 0.3) is 5.91 Å². The van der Waals surface area contributed by atoms with Gasteiger partial charge in [0, 0.05) is 25.2 Å². The predicted molar refractivity (Wildman–Crippen MR) is 160 cm³/mol. The Morgan fingerprint density at radius 1 is 0.600 bits per heavy atom. The largest absolute Gasteiger partial charge is 0.492 e. The molecule has 0 aliphatic carbocycles. The van der Waals surface area contributed by atoms with Crippen molar-refractivity contribution in [2.75, 3.05) is 18.5 Å². The number of anilines is 1. The van der Waals surface area contributed by atoms with E-state index in [1.54, 1.807) is 12.1 Å². The third kappa shape index (κ3) is 7.82. The van der Waals surface area contributed by atoms with Gasteiger partial charge in [-0.3, -0.25) is 9.69 Å². The molecule has 1 N–H and O–H groups in total. The maximum absolute atomic E-state index is 13.0. The van der Waals surface area contributed by atoms with Crippen LogP contribution in [0.15, 0.2) is 140 Å². The SMILES string of the molecule is O=C(Nc1ccccc1Oc1ccccc1)c1ccc(OCCN(Cc2ccccc2)Cc2ccccc2)cc1. The van der Waals surface area contributed by atoms with E-state index in [1.165, 1.54) is 11.1 Å². The van der Waals surface area contributed by atoms with Gasteiger partial charge in [0.15, 0.2) is 5.75 Å².